The number of fused-ring (bicyclic) bond motifs is 1. The summed E-state index contributed by atoms with van der Waals surface area (Å²) < 4.78 is 4.80. The number of carbonyl (C=O) groups is 1. The van der Waals surface area contributed by atoms with Gasteiger partial charge < -0.3 is 4.74 Å². The van der Waals surface area contributed by atoms with Crippen molar-refractivity contribution >= 4 is 16.9 Å². The van der Waals surface area contributed by atoms with Gasteiger partial charge in [0.25, 0.3) is 0 Å². The lowest BCUT2D eigenvalue weighted by atomic mass is 9.96. The lowest BCUT2D eigenvalue weighted by Crippen LogP contribution is -2.01. The molecule has 3 aromatic rings. The Morgan fingerprint density at radius 1 is 1.05 bits per heavy atom. The molecule has 0 fully saturated rings. The molecule has 0 N–H and O–H groups in total. The van der Waals surface area contributed by atoms with Gasteiger partial charge in [-0.1, -0.05) is 24.3 Å². The van der Waals surface area contributed by atoms with Gasteiger partial charge in [0.2, 0.25) is 0 Å². The number of benzene rings is 2. The molecule has 0 bridgehead atoms. The molecule has 3 heteroatoms. The van der Waals surface area contributed by atoms with Crippen LogP contribution in [0.5, 0.6) is 0 Å². The number of hydrogen-bond donors (Lipinski definition) is 0. The Hall–Kier alpha value is -2.68. The zero-order valence-corrected chi connectivity index (χ0v) is 12.0. The van der Waals surface area contributed by atoms with Crippen molar-refractivity contribution in [1.82, 2.24) is 4.98 Å². The van der Waals surface area contributed by atoms with Crippen LogP contribution >= 0.6 is 0 Å². The summed E-state index contributed by atoms with van der Waals surface area (Å²) in [5.41, 5.74) is 4.81. The SMILES string of the molecule is COC(=O)c1ccc2nccc(-c3ccccc3C)c2c1. The number of ether oxygens (including phenoxy) is 1. The minimum atomic E-state index is -0.337. The molecule has 0 radical (unpaired) electrons. The van der Waals surface area contributed by atoms with E-state index < -0.39 is 0 Å². The van der Waals surface area contributed by atoms with Crippen molar-refractivity contribution in [3.05, 3.63) is 65.9 Å². The molecule has 2 aromatic carbocycles. The van der Waals surface area contributed by atoms with Gasteiger partial charge in [-0.3, -0.25) is 4.98 Å². The van der Waals surface area contributed by atoms with Crippen LogP contribution in [0.4, 0.5) is 0 Å². The smallest absolute Gasteiger partial charge is 0.337 e. The fourth-order valence-electron chi connectivity index (χ4n) is 2.50. The predicted octanol–water partition coefficient (Wildman–Crippen LogP) is 4.00. The Kier molecular flexibility index (Phi) is 3.40. The van der Waals surface area contributed by atoms with Crippen molar-refractivity contribution in [3.63, 3.8) is 0 Å². The molecule has 0 spiro atoms. The lowest BCUT2D eigenvalue weighted by Gasteiger charge is -2.10. The first kappa shape index (κ1) is 13.3. The predicted molar refractivity (Wildman–Crippen MR) is 83.3 cm³/mol. The molecule has 0 saturated carbocycles. The largest absolute Gasteiger partial charge is 0.465 e. The average Bonchev–Trinajstić information content (AvgIpc) is 2.53. The quantitative estimate of drug-likeness (QED) is 0.665. The van der Waals surface area contributed by atoms with E-state index in [-0.39, 0.29) is 5.97 Å². The van der Waals surface area contributed by atoms with E-state index >= 15 is 0 Å². The third-order valence-electron chi connectivity index (χ3n) is 3.60. The van der Waals surface area contributed by atoms with Crippen molar-refractivity contribution in [2.24, 2.45) is 0 Å². The Bertz CT molecular complexity index is 824. The second-order valence-corrected chi connectivity index (χ2v) is 4.90. The number of esters is 1. The van der Waals surface area contributed by atoms with Crippen LogP contribution in [0.25, 0.3) is 22.0 Å². The second kappa shape index (κ2) is 5.37. The summed E-state index contributed by atoms with van der Waals surface area (Å²) in [5, 5.41) is 0.953. The van der Waals surface area contributed by atoms with Crippen molar-refractivity contribution < 1.29 is 9.53 Å². The number of aromatic nitrogens is 1. The monoisotopic (exact) mass is 277 g/mol. The minimum absolute atomic E-state index is 0.337. The normalized spacial score (nSPS) is 10.6. The number of nitrogens with zero attached hydrogens (tertiary/aromatic N) is 1. The molecule has 21 heavy (non-hydrogen) atoms. The Morgan fingerprint density at radius 3 is 2.62 bits per heavy atom. The number of methoxy groups -OCH3 is 1. The zero-order chi connectivity index (χ0) is 14.8. The highest BCUT2D eigenvalue weighted by Gasteiger charge is 2.11. The maximum Gasteiger partial charge on any atom is 0.337 e. The molecular formula is C18H15NO2. The van der Waals surface area contributed by atoms with Crippen molar-refractivity contribution in [3.8, 4) is 11.1 Å². The molecule has 0 unspecified atom stereocenters. The molecule has 1 heterocycles. The molecule has 3 nitrogen and oxygen atoms in total. The Labute approximate surface area is 123 Å². The first-order chi connectivity index (χ1) is 10.2. The van der Waals surface area contributed by atoms with Gasteiger partial charge in [-0.2, -0.15) is 0 Å². The van der Waals surface area contributed by atoms with Crippen LogP contribution in [0.1, 0.15) is 15.9 Å². The highest BCUT2D eigenvalue weighted by atomic mass is 16.5. The molecule has 0 aliphatic carbocycles. The van der Waals surface area contributed by atoms with Crippen LogP contribution in [0.3, 0.4) is 0 Å². The summed E-state index contributed by atoms with van der Waals surface area (Å²) >= 11 is 0. The van der Waals surface area contributed by atoms with Crippen LogP contribution in [0.2, 0.25) is 0 Å². The molecule has 104 valence electrons. The molecule has 3 rings (SSSR count). The summed E-state index contributed by atoms with van der Waals surface area (Å²) in [6.07, 6.45) is 1.79. The number of carbonyl (C=O) groups excluding carboxylic acids is 1. The van der Waals surface area contributed by atoms with Gasteiger partial charge in [0.15, 0.2) is 0 Å². The van der Waals surface area contributed by atoms with Crippen molar-refractivity contribution in [1.29, 1.82) is 0 Å². The van der Waals surface area contributed by atoms with E-state index in [9.17, 15) is 4.79 Å². The highest BCUT2D eigenvalue weighted by Crippen LogP contribution is 2.30. The Balaban J connectivity index is 2.28. The summed E-state index contributed by atoms with van der Waals surface area (Å²) in [5.74, 6) is -0.337. The van der Waals surface area contributed by atoms with Gasteiger partial charge in [0.05, 0.1) is 18.2 Å². The number of rotatable bonds is 2. The summed E-state index contributed by atoms with van der Waals surface area (Å²) in [6, 6.07) is 15.6. The average molecular weight is 277 g/mol. The van der Waals surface area contributed by atoms with E-state index in [4.69, 9.17) is 4.74 Å². The molecule has 1 aromatic heterocycles. The van der Waals surface area contributed by atoms with Crippen LogP contribution < -0.4 is 0 Å². The van der Waals surface area contributed by atoms with Crippen molar-refractivity contribution in [2.45, 2.75) is 6.92 Å². The molecule has 0 saturated heterocycles. The van der Waals surface area contributed by atoms with Crippen LogP contribution in [-0.2, 0) is 4.74 Å². The number of aryl methyl sites for hydroxylation is 1. The topological polar surface area (TPSA) is 39.2 Å². The van der Waals surface area contributed by atoms with Crippen LogP contribution in [-0.4, -0.2) is 18.1 Å². The molecule has 0 aliphatic heterocycles. The summed E-state index contributed by atoms with van der Waals surface area (Å²) in [6.45, 7) is 2.08. The van der Waals surface area contributed by atoms with E-state index in [1.54, 1.807) is 12.3 Å². The molecule has 0 atom stereocenters. The summed E-state index contributed by atoms with van der Waals surface area (Å²) in [4.78, 5) is 16.1. The van der Waals surface area contributed by atoms with E-state index in [2.05, 4.69) is 24.0 Å². The van der Waals surface area contributed by atoms with Crippen LogP contribution in [0.15, 0.2) is 54.7 Å². The Morgan fingerprint density at radius 2 is 1.86 bits per heavy atom. The maximum atomic E-state index is 11.7. The number of hydrogen-bond acceptors (Lipinski definition) is 3. The third-order valence-corrected chi connectivity index (χ3v) is 3.60. The number of pyridine rings is 1. The maximum absolute atomic E-state index is 11.7. The van der Waals surface area contributed by atoms with E-state index in [0.717, 1.165) is 22.0 Å². The first-order valence-electron chi connectivity index (χ1n) is 6.74. The van der Waals surface area contributed by atoms with E-state index in [1.165, 1.54) is 12.7 Å². The zero-order valence-electron chi connectivity index (χ0n) is 12.0. The van der Waals surface area contributed by atoms with Gasteiger partial charge in [-0.25, -0.2) is 4.79 Å². The van der Waals surface area contributed by atoms with Gasteiger partial charge in [-0.05, 0) is 47.9 Å². The van der Waals surface area contributed by atoms with Gasteiger partial charge in [-0.15, -0.1) is 0 Å². The van der Waals surface area contributed by atoms with Gasteiger partial charge >= 0.3 is 5.97 Å². The first-order valence-corrected chi connectivity index (χ1v) is 6.74. The fourth-order valence-corrected chi connectivity index (χ4v) is 2.50. The molecule has 0 aliphatic rings. The minimum Gasteiger partial charge on any atom is -0.465 e. The fraction of sp³-hybridized carbons (Fsp3) is 0.111. The third kappa shape index (κ3) is 2.38. The van der Waals surface area contributed by atoms with Crippen molar-refractivity contribution in [2.75, 3.05) is 7.11 Å². The summed E-state index contributed by atoms with van der Waals surface area (Å²) in [7, 11) is 1.39. The standard InChI is InChI=1S/C18H15NO2/c1-12-5-3-4-6-14(12)15-9-10-19-17-8-7-13(11-16(15)17)18(20)21-2/h3-11H,1-2H3. The van der Waals surface area contributed by atoms with E-state index in [1.807, 2.05) is 30.3 Å². The van der Waals surface area contributed by atoms with E-state index in [0.29, 0.717) is 5.56 Å². The highest BCUT2D eigenvalue weighted by molar-refractivity contribution is 6.00. The lowest BCUT2D eigenvalue weighted by molar-refractivity contribution is 0.0601. The van der Waals surface area contributed by atoms with Gasteiger partial charge in [0.1, 0.15) is 0 Å². The van der Waals surface area contributed by atoms with Crippen LogP contribution in [0, 0.1) is 6.92 Å². The molecular weight excluding hydrogens is 262 g/mol. The molecule has 0 amide bonds. The second-order valence-electron chi connectivity index (χ2n) is 4.90. The van der Waals surface area contributed by atoms with Gasteiger partial charge in [0, 0.05) is 11.6 Å².